The zero-order chi connectivity index (χ0) is 15.2. The van der Waals surface area contributed by atoms with Gasteiger partial charge in [0.25, 0.3) is 0 Å². The predicted octanol–water partition coefficient (Wildman–Crippen LogP) is 1.18. The molecule has 21 heavy (non-hydrogen) atoms. The van der Waals surface area contributed by atoms with Gasteiger partial charge in [-0.15, -0.1) is 0 Å². The maximum absolute atomic E-state index is 10.9. The Morgan fingerprint density at radius 3 is 2.76 bits per heavy atom. The lowest BCUT2D eigenvalue weighted by molar-refractivity contribution is 0.0364. The van der Waals surface area contributed by atoms with Crippen LogP contribution in [0.25, 0.3) is 0 Å². The zero-order valence-electron chi connectivity index (χ0n) is 12.7. The Morgan fingerprint density at radius 2 is 2.14 bits per heavy atom. The van der Waals surface area contributed by atoms with Crippen LogP contribution in [0.5, 0.6) is 0 Å². The highest BCUT2D eigenvalue weighted by atomic mass is 16.5. The van der Waals surface area contributed by atoms with E-state index >= 15 is 0 Å². The third kappa shape index (κ3) is 4.71. The standard InChI is InChI=1S/C14H24N4O3/c1-11(2)13(16-14(19)20)12-9-18(10-15-12)4-3-17-5-7-21-8-6-17/h9-11,13,16H,3-8H2,1-2H3,(H,19,20). The lowest BCUT2D eigenvalue weighted by Gasteiger charge is -2.26. The molecule has 1 unspecified atom stereocenters. The van der Waals surface area contributed by atoms with Crippen LogP contribution in [-0.2, 0) is 11.3 Å². The number of aromatic nitrogens is 2. The molecule has 2 rings (SSSR count). The number of nitrogens with one attached hydrogen (secondary N) is 1. The van der Waals surface area contributed by atoms with Crippen molar-refractivity contribution in [2.24, 2.45) is 5.92 Å². The summed E-state index contributed by atoms with van der Waals surface area (Å²) in [6, 6.07) is -0.271. The Labute approximate surface area is 124 Å². The fourth-order valence-corrected chi connectivity index (χ4v) is 2.46. The maximum Gasteiger partial charge on any atom is 0.405 e. The second-order valence-electron chi connectivity index (χ2n) is 5.66. The first-order chi connectivity index (χ1) is 10.1. The highest BCUT2D eigenvalue weighted by molar-refractivity contribution is 5.65. The van der Waals surface area contributed by atoms with Crippen LogP contribution in [0.1, 0.15) is 25.6 Å². The van der Waals surface area contributed by atoms with Crippen LogP contribution in [0.4, 0.5) is 4.79 Å². The van der Waals surface area contributed by atoms with Gasteiger partial charge in [-0.25, -0.2) is 9.78 Å². The van der Waals surface area contributed by atoms with Crippen LogP contribution >= 0.6 is 0 Å². The van der Waals surface area contributed by atoms with Gasteiger partial charge in [0.2, 0.25) is 0 Å². The van der Waals surface area contributed by atoms with E-state index in [1.54, 1.807) is 6.33 Å². The fraction of sp³-hybridized carbons (Fsp3) is 0.714. The van der Waals surface area contributed by atoms with Crippen molar-refractivity contribution in [1.82, 2.24) is 19.8 Å². The normalized spacial score (nSPS) is 17.9. The van der Waals surface area contributed by atoms with Gasteiger partial charge in [0, 0.05) is 32.4 Å². The van der Waals surface area contributed by atoms with Gasteiger partial charge >= 0.3 is 6.09 Å². The number of rotatable bonds is 6. The number of carboxylic acid groups (broad SMARTS) is 1. The molecule has 0 aromatic carbocycles. The topological polar surface area (TPSA) is 79.6 Å². The molecule has 0 aliphatic carbocycles. The highest BCUT2D eigenvalue weighted by Crippen LogP contribution is 2.19. The van der Waals surface area contributed by atoms with Crippen molar-refractivity contribution in [3.63, 3.8) is 0 Å². The molecule has 1 aliphatic rings. The van der Waals surface area contributed by atoms with E-state index < -0.39 is 6.09 Å². The maximum atomic E-state index is 10.9. The Balaban J connectivity index is 1.91. The molecule has 0 spiro atoms. The molecule has 118 valence electrons. The number of nitrogens with zero attached hydrogens (tertiary/aromatic N) is 3. The number of imidazole rings is 1. The number of hydrogen-bond donors (Lipinski definition) is 2. The van der Waals surface area contributed by atoms with Gasteiger partial charge in [-0.1, -0.05) is 13.8 Å². The van der Waals surface area contributed by atoms with Gasteiger partial charge in [-0.3, -0.25) is 4.90 Å². The van der Waals surface area contributed by atoms with Crippen LogP contribution < -0.4 is 5.32 Å². The van der Waals surface area contributed by atoms with Crippen molar-refractivity contribution >= 4 is 6.09 Å². The van der Waals surface area contributed by atoms with E-state index in [9.17, 15) is 4.79 Å². The van der Waals surface area contributed by atoms with E-state index in [1.807, 2.05) is 24.6 Å². The summed E-state index contributed by atoms with van der Waals surface area (Å²) < 4.78 is 7.34. The Bertz CT molecular complexity index is 455. The van der Waals surface area contributed by atoms with Crippen LogP contribution in [0, 0.1) is 5.92 Å². The summed E-state index contributed by atoms with van der Waals surface area (Å²) in [6.07, 6.45) is 2.69. The molecule has 0 saturated carbocycles. The molecular formula is C14H24N4O3. The summed E-state index contributed by atoms with van der Waals surface area (Å²) >= 11 is 0. The lowest BCUT2D eigenvalue weighted by Crippen LogP contribution is -2.38. The molecule has 1 atom stereocenters. The Morgan fingerprint density at radius 1 is 1.43 bits per heavy atom. The first-order valence-electron chi connectivity index (χ1n) is 7.37. The first kappa shape index (κ1) is 15.8. The fourth-order valence-electron chi connectivity index (χ4n) is 2.46. The molecule has 1 amide bonds. The van der Waals surface area contributed by atoms with E-state index in [2.05, 4.69) is 15.2 Å². The van der Waals surface area contributed by atoms with E-state index in [-0.39, 0.29) is 12.0 Å². The quantitative estimate of drug-likeness (QED) is 0.824. The summed E-state index contributed by atoms with van der Waals surface area (Å²) in [7, 11) is 0. The second-order valence-corrected chi connectivity index (χ2v) is 5.66. The van der Waals surface area contributed by atoms with Gasteiger partial charge in [-0.2, -0.15) is 0 Å². The molecule has 2 heterocycles. The molecule has 0 radical (unpaired) electrons. The van der Waals surface area contributed by atoms with E-state index in [0.717, 1.165) is 45.1 Å². The molecule has 1 saturated heterocycles. The van der Waals surface area contributed by atoms with Gasteiger partial charge < -0.3 is 19.7 Å². The summed E-state index contributed by atoms with van der Waals surface area (Å²) in [6.45, 7) is 9.30. The minimum Gasteiger partial charge on any atom is -0.465 e. The predicted molar refractivity (Wildman–Crippen MR) is 78.2 cm³/mol. The lowest BCUT2D eigenvalue weighted by atomic mass is 10.0. The second kappa shape index (κ2) is 7.42. The van der Waals surface area contributed by atoms with Gasteiger partial charge in [-0.05, 0) is 5.92 Å². The van der Waals surface area contributed by atoms with E-state index in [1.165, 1.54) is 0 Å². The number of carbonyl (C=O) groups is 1. The number of amides is 1. The van der Waals surface area contributed by atoms with Crippen molar-refractivity contribution in [1.29, 1.82) is 0 Å². The molecule has 0 bridgehead atoms. The third-order valence-electron chi connectivity index (χ3n) is 3.70. The average Bonchev–Trinajstić information content (AvgIpc) is 2.92. The largest absolute Gasteiger partial charge is 0.465 e. The van der Waals surface area contributed by atoms with Crippen LogP contribution in [-0.4, -0.2) is 58.5 Å². The van der Waals surface area contributed by atoms with Gasteiger partial charge in [0.1, 0.15) is 0 Å². The Hall–Kier alpha value is -1.60. The minimum absolute atomic E-state index is 0.156. The molecule has 2 N–H and O–H groups in total. The van der Waals surface area contributed by atoms with Crippen molar-refractivity contribution in [2.75, 3.05) is 32.8 Å². The molecule has 1 aliphatic heterocycles. The van der Waals surface area contributed by atoms with Crippen molar-refractivity contribution in [2.45, 2.75) is 26.4 Å². The average molecular weight is 296 g/mol. The molecule has 7 heteroatoms. The first-order valence-corrected chi connectivity index (χ1v) is 7.37. The SMILES string of the molecule is CC(C)C(NC(=O)O)c1cn(CCN2CCOCC2)cn1. The molecule has 7 nitrogen and oxygen atoms in total. The molecule has 1 fully saturated rings. The van der Waals surface area contributed by atoms with Gasteiger partial charge in [0.05, 0.1) is 31.3 Å². The smallest absolute Gasteiger partial charge is 0.405 e. The number of hydrogen-bond acceptors (Lipinski definition) is 4. The third-order valence-corrected chi connectivity index (χ3v) is 3.70. The van der Waals surface area contributed by atoms with E-state index in [0.29, 0.717) is 0 Å². The summed E-state index contributed by atoms with van der Waals surface area (Å²) in [5.41, 5.74) is 0.773. The Kier molecular flexibility index (Phi) is 5.58. The van der Waals surface area contributed by atoms with Crippen LogP contribution in [0.15, 0.2) is 12.5 Å². The molecular weight excluding hydrogens is 272 g/mol. The summed E-state index contributed by atoms with van der Waals surface area (Å²) in [5, 5.41) is 11.4. The monoisotopic (exact) mass is 296 g/mol. The summed E-state index contributed by atoms with van der Waals surface area (Å²) in [4.78, 5) is 17.6. The minimum atomic E-state index is -1.02. The number of ether oxygens (including phenoxy) is 1. The van der Waals surface area contributed by atoms with Gasteiger partial charge in [0.15, 0.2) is 0 Å². The highest BCUT2D eigenvalue weighted by Gasteiger charge is 2.20. The van der Waals surface area contributed by atoms with Crippen molar-refractivity contribution in [3.05, 3.63) is 18.2 Å². The van der Waals surface area contributed by atoms with Crippen LogP contribution in [0.2, 0.25) is 0 Å². The summed E-state index contributed by atoms with van der Waals surface area (Å²) in [5.74, 6) is 0.156. The zero-order valence-corrected chi connectivity index (χ0v) is 12.7. The molecule has 1 aromatic heterocycles. The van der Waals surface area contributed by atoms with Crippen molar-refractivity contribution < 1.29 is 14.6 Å². The van der Waals surface area contributed by atoms with E-state index in [4.69, 9.17) is 9.84 Å². The van der Waals surface area contributed by atoms with Crippen LogP contribution in [0.3, 0.4) is 0 Å². The van der Waals surface area contributed by atoms with Crippen molar-refractivity contribution in [3.8, 4) is 0 Å². The number of morpholine rings is 1. The molecule has 1 aromatic rings.